The van der Waals surface area contributed by atoms with E-state index in [4.69, 9.17) is 9.84 Å². The Morgan fingerprint density at radius 1 is 1.50 bits per heavy atom. The van der Waals surface area contributed by atoms with Gasteiger partial charge < -0.3 is 9.84 Å². The highest BCUT2D eigenvalue weighted by Crippen LogP contribution is 2.35. The average Bonchev–Trinajstić information content (AvgIpc) is 2.71. The second-order valence-corrected chi connectivity index (χ2v) is 4.53. The third-order valence-corrected chi connectivity index (χ3v) is 3.47. The molecule has 1 heterocycles. The second kappa shape index (κ2) is 4.06. The zero-order chi connectivity index (χ0) is 12.7. The molecule has 1 aliphatic carbocycles. The molecule has 6 heteroatoms. The Hall–Kier alpha value is -1.95. The quantitative estimate of drug-likeness (QED) is 0.888. The van der Waals surface area contributed by atoms with Crippen LogP contribution in [0.1, 0.15) is 29.2 Å². The molecular weight excluding hydrogens is 234 g/mol. The Morgan fingerprint density at radius 2 is 2.28 bits per heavy atom. The Kier molecular flexibility index (Phi) is 2.52. The van der Waals surface area contributed by atoms with Crippen molar-refractivity contribution in [2.45, 2.75) is 25.0 Å². The third kappa shape index (κ3) is 1.65. The molecule has 0 amide bonds. The van der Waals surface area contributed by atoms with E-state index < -0.39 is 5.97 Å². The fourth-order valence-corrected chi connectivity index (χ4v) is 2.27. The van der Waals surface area contributed by atoms with Gasteiger partial charge in [-0.15, -0.1) is 5.10 Å². The number of aromatic nitrogens is 3. The van der Waals surface area contributed by atoms with Crippen LogP contribution in [0, 0.1) is 0 Å². The molecule has 1 N–H and O–H groups in total. The van der Waals surface area contributed by atoms with Crippen molar-refractivity contribution in [2.24, 2.45) is 0 Å². The lowest BCUT2D eigenvalue weighted by Crippen LogP contribution is -2.33. The molecule has 18 heavy (non-hydrogen) atoms. The Bertz CT molecular complexity index is 602. The first-order chi connectivity index (χ1) is 8.69. The monoisotopic (exact) mass is 247 g/mol. The highest BCUT2D eigenvalue weighted by molar-refractivity contribution is 5.92. The molecule has 0 spiro atoms. The van der Waals surface area contributed by atoms with Crippen molar-refractivity contribution in [1.82, 2.24) is 15.0 Å². The van der Waals surface area contributed by atoms with Crippen LogP contribution in [0.5, 0.6) is 0 Å². The molecule has 1 aromatic carbocycles. The number of hydrogen-bond acceptors (Lipinski definition) is 4. The van der Waals surface area contributed by atoms with E-state index in [0.29, 0.717) is 17.7 Å². The molecule has 0 unspecified atom stereocenters. The van der Waals surface area contributed by atoms with Crippen molar-refractivity contribution in [3.05, 3.63) is 23.8 Å². The number of fused-ring (bicyclic) bond motifs is 1. The highest BCUT2D eigenvalue weighted by atomic mass is 16.5. The van der Waals surface area contributed by atoms with Gasteiger partial charge in [0, 0.05) is 7.11 Å². The van der Waals surface area contributed by atoms with E-state index in [1.165, 1.54) is 0 Å². The molecule has 0 radical (unpaired) electrons. The normalized spacial score (nSPS) is 22.9. The maximum absolute atomic E-state index is 10.9. The molecule has 6 nitrogen and oxygen atoms in total. The van der Waals surface area contributed by atoms with Crippen molar-refractivity contribution in [3.8, 4) is 0 Å². The number of methoxy groups -OCH3 is 1. The number of carboxylic acid groups (broad SMARTS) is 1. The summed E-state index contributed by atoms with van der Waals surface area (Å²) in [7, 11) is 1.71. The fraction of sp³-hybridized carbons (Fsp3) is 0.417. The minimum absolute atomic E-state index is 0.234. The lowest BCUT2D eigenvalue weighted by atomic mass is 9.89. The molecule has 1 saturated carbocycles. The molecule has 3 rings (SSSR count). The van der Waals surface area contributed by atoms with Gasteiger partial charge in [-0.2, -0.15) is 0 Å². The molecule has 0 saturated heterocycles. The Labute approximate surface area is 103 Å². The molecule has 1 fully saturated rings. The van der Waals surface area contributed by atoms with E-state index in [2.05, 4.69) is 10.3 Å². The van der Waals surface area contributed by atoms with Gasteiger partial charge in [0.25, 0.3) is 0 Å². The predicted octanol–water partition coefficient (Wildman–Crippen LogP) is 1.48. The summed E-state index contributed by atoms with van der Waals surface area (Å²) >= 11 is 0. The average molecular weight is 247 g/mol. The van der Waals surface area contributed by atoms with Crippen LogP contribution in [-0.2, 0) is 4.74 Å². The summed E-state index contributed by atoms with van der Waals surface area (Å²) in [5.74, 6) is -0.949. The van der Waals surface area contributed by atoms with Crippen molar-refractivity contribution in [2.75, 3.05) is 7.11 Å². The Morgan fingerprint density at radius 3 is 2.94 bits per heavy atom. The Balaban J connectivity index is 1.93. The van der Waals surface area contributed by atoms with Gasteiger partial charge in [-0.1, -0.05) is 5.21 Å². The number of carboxylic acids is 1. The number of carbonyl (C=O) groups is 1. The van der Waals surface area contributed by atoms with E-state index in [0.717, 1.165) is 18.4 Å². The SMILES string of the molecule is COC1CC(n2nnc3cc(C(=O)O)ccc32)C1. The summed E-state index contributed by atoms with van der Waals surface area (Å²) in [6.45, 7) is 0. The summed E-state index contributed by atoms with van der Waals surface area (Å²) in [4.78, 5) is 10.9. The van der Waals surface area contributed by atoms with Crippen LogP contribution in [0.2, 0.25) is 0 Å². The van der Waals surface area contributed by atoms with Gasteiger partial charge in [0.15, 0.2) is 0 Å². The first-order valence-corrected chi connectivity index (χ1v) is 5.80. The van der Waals surface area contributed by atoms with Gasteiger partial charge in [0.2, 0.25) is 0 Å². The molecule has 0 aliphatic heterocycles. The standard InChI is InChI=1S/C12H13N3O3/c1-18-9-5-8(6-9)15-11-3-2-7(12(16)17)4-10(11)13-14-15/h2-4,8-9H,5-6H2,1H3,(H,16,17). The van der Waals surface area contributed by atoms with E-state index in [1.807, 2.05) is 4.68 Å². The first kappa shape index (κ1) is 11.2. The van der Waals surface area contributed by atoms with Crippen LogP contribution in [0.15, 0.2) is 18.2 Å². The third-order valence-electron chi connectivity index (χ3n) is 3.47. The number of hydrogen-bond donors (Lipinski definition) is 1. The van der Waals surface area contributed by atoms with Crippen LogP contribution in [0.4, 0.5) is 0 Å². The minimum Gasteiger partial charge on any atom is -0.478 e. The number of nitrogens with zero attached hydrogens (tertiary/aromatic N) is 3. The van der Waals surface area contributed by atoms with Gasteiger partial charge >= 0.3 is 5.97 Å². The zero-order valence-corrected chi connectivity index (χ0v) is 9.91. The number of ether oxygens (including phenoxy) is 1. The zero-order valence-electron chi connectivity index (χ0n) is 9.91. The van der Waals surface area contributed by atoms with E-state index in [9.17, 15) is 4.79 Å². The molecule has 1 aliphatic rings. The van der Waals surface area contributed by atoms with E-state index in [1.54, 1.807) is 25.3 Å². The molecule has 0 bridgehead atoms. The van der Waals surface area contributed by atoms with Gasteiger partial charge in [-0.25, -0.2) is 9.48 Å². The molecule has 94 valence electrons. The van der Waals surface area contributed by atoms with Crippen molar-refractivity contribution in [3.63, 3.8) is 0 Å². The fourth-order valence-electron chi connectivity index (χ4n) is 2.27. The largest absolute Gasteiger partial charge is 0.478 e. The van der Waals surface area contributed by atoms with Crippen LogP contribution >= 0.6 is 0 Å². The molecule has 2 aromatic rings. The lowest BCUT2D eigenvalue weighted by molar-refractivity contribution is 0.00332. The topological polar surface area (TPSA) is 77.2 Å². The van der Waals surface area contributed by atoms with Crippen LogP contribution in [0.3, 0.4) is 0 Å². The summed E-state index contributed by atoms with van der Waals surface area (Å²) in [6, 6.07) is 5.19. The lowest BCUT2D eigenvalue weighted by Gasteiger charge is -2.34. The number of rotatable bonds is 3. The molecule has 1 aromatic heterocycles. The minimum atomic E-state index is -0.949. The first-order valence-electron chi connectivity index (χ1n) is 5.80. The van der Waals surface area contributed by atoms with Crippen LogP contribution < -0.4 is 0 Å². The number of aromatic carboxylic acids is 1. The number of benzene rings is 1. The van der Waals surface area contributed by atoms with Gasteiger partial charge in [-0.05, 0) is 31.0 Å². The second-order valence-electron chi connectivity index (χ2n) is 4.53. The van der Waals surface area contributed by atoms with Crippen LogP contribution in [-0.4, -0.2) is 39.3 Å². The van der Waals surface area contributed by atoms with Crippen molar-refractivity contribution in [1.29, 1.82) is 0 Å². The maximum atomic E-state index is 10.9. The van der Waals surface area contributed by atoms with Crippen molar-refractivity contribution < 1.29 is 14.6 Å². The smallest absolute Gasteiger partial charge is 0.335 e. The van der Waals surface area contributed by atoms with Gasteiger partial charge in [-0.3, -0.25) is 0 Å². The van der Waals surface area contributed by atoms with Crippen molar-refractivity contribution >= 4 is 17.0 Å². The summed E-state index contributed by atoms with van der Waals surface area (Å²) < 4.78 is 7.10. The molecular formula is C12H13N3O3. The summed E-state index contributed by atoms with van der Waals surface area (Å²) in [6.07, 6.45) is 2.15. The predicted molar refractivity (Wildman–Crippen MR) is 63.6 cm³/mol. The summed E-state index contributed by atoms with van der Waals surface area (Å²) in [5.41, 5.74) is 1.73. The van der Waals surface area contributed by atoms with E-state index in [-0.39, 0.29) is 5.56 Å². The van der Waals surface area contributed by atoms with Gasteiger partial charge in [0.1, 0.15) is 5.52 Å². The van der Waals surface area contributed by atoms with Gasteiger partial charge in [0.05, 0.1) is 23.2 Å². The highest BCUT2D eigenvalue weighted by Gasteiger charge is 2.32. The summed E-state index contributed by atoms with van der Waals surface area (Å²) in [5, 5.41) is 17.0. The molecule has 0 atom stereocenters. The van der Waals surface area contributed by atoms with E-state index >= 15 is 0 Å². The maximum Gasteiger partial charge on any atom is 0.335 e. The van der Waals surface area contributed by atoms with Crippen LogP contribution in [0.25, 0.3) is 11.0 Å².